The molecule has 7 heteroatoms. The molecule has 1 amide bonds. The van der Waals surface area contributed by atoms with E-state index in [0.29, 0.717) is 16.8 Å². The van der Waals surface area contributed by atoms with Crippen molar-refractivity contribution in [1.82, 2.24) is 4.98 Å². The third kappa shape index (κ3) is 2.76. The highest BCUT2D eigenvalue weighted by Gasteiger charge is 2.34. The van der Waals surface area contributed by atoms with Gasteiger partial charge in [0, 0.05) is 35.2 Å². The highest BCUT2D eigenvalue weighted by molar-refractivity contribution is 7.15. The number of halogens is 1. The zero-order valence-electron chi connectivity index (χ0n) is 13.4. The van der Waals surface area contributed by atoms with Gasteiger partial charge in [0.15, 0.2) is 0 Å². The average molecular weight is 368 g/mol. The maximum Gasteiger partial charge on any atom is 0.346 e. The van der Waals surface area contributed by atoms with Gasteiger partial charge in [0.25, 0.3) is 0 Å². The van der Waals surface area contributed by atoms with Crippen molar-refractivity contribution in [2.75, 3.05) is 5.32 Å². The van der Waals surface area contributed by atoms with Crippen LogP contribution in [-0.2, 0) is 4.79 Å². The maximum absolute atomic E-state index is 13.7. The largest absolute Gasteiger partial charge is 0.477 e. The fourth-order valence-electron chi connectivity index (χ4n) is 3.21. The number of hydrogen-bond acceptors (Lipinski definition) is 4. The first-order chi connectivity index (χ1) is 12.5. The Morgan fingerprint density at radius 3 is 2.85 bits per heavy atom. The van der Waals surface area contributed by atoms with Gasteiger partial charge in [-0.1, -0.05) is 18.2 Å². The number of nitrogens with zero attached hydrogens (tertiary/aromatic N) is 1. The van der Waals surface area contributed by atoms with E-state index in [1.165, 1.54) is 18.2 Å². The molecular formula is C19H13FN2O3S. The number of anilines is 1. The monoisotopic (exact) mass is 368 g/mol. The standard InChI is InChI=1S/C19H13FN2O3S/c20-12-5-1-3-10(7-12)15-16-17(26-18(15)19(24)25)13(8-14(23)22-16)11-4-2-6-21-9-11/h1-7,9,13H,8H2,(H,22,23)(H,24,25). The summed E-state index contributed by atoms with van der Waals surface area (Å²) in [4.78, 5) is 29.0. The van der Waals surface area contributed by atoms with Crippen LogP contribution < -0.4 is 5.32 Å². The van der Waals surface area contributed by atoms with E-state index in [9.17, 15) is 19.1 Å². The lowest BCUT2D eigenvalue weighted by molar-refractivity contribution is -0.116. The van der Waals surface area contributed by atoms with E-state index in [4.69, 9.17) is 0 Å². The van der Waals surface area contributed by atoms with E-state index in [2.05, 4.69) is 10.3 Å². The van der Waals surface area contributed by atoms with Gasteiger partial charge in [-0.2, -0.15) is 0 Å². The molecule has 2 aromatic heterocycles. The lowest BCUT2D eigenvalue weighted by Crippen LogP contribution is -2.22. The highest BCUT2D eigenvalue weighted by atomic mass is 32.1. The molecule has 0 radical (unpaired) electrons. The summed E-state index contributed by atoms with van der Waals surface area (Å²) in [7, 11) is 0. The van der Waals surface area contributed by atoms with Crippen LogP contribution in [0.15, 0.2) is 48.8 Å². The van der Waals surface area contributed by atoms with Gasteiger partial charge in [0.1, 0.15) is 10.7 Å². The van der Waals surface area contributed by atoms with Crippen molar-refractivity contribution in [3.8, 4) is 11.1 Å². The minimum absolute atomic E-state index is 0.0803. The first-order valence-electron chi connectivity index (χ1n) is 7.90. The number of carbonyl (C=O) groups excluding carboxylic acids is 1. The summed E-state index contributed by atoms with van der Waals surface area (Å²) in [6.07, 6.45) is 3.53. The SMILES string of the molecule is O=C1CC(c2cccnc2)c2sc(C(=O)O)c(-c3cccc(F)c3)c2N1. The Morgan fingerprint density at radius 1 is 1.31 bits per heavy atom. The van der Waals surface area contributed by atoms with Gasteiger partial charge >= 0.3 is 5.97 Å². The number of hydrogen-bond donors (Lipinski definition) is 2. The summed E-state index contributed by atoms with van der Waals surface area (Å²) in [6.45, 7) is 0. The van der Waals surface area contributed by atoms with E-state index < -0.39 is 11.8 Å². The first kappa shape index (κ1) is 16.4. The second-order valence-electron chi connectivity index (χ2n) is 5.95. The summed E-state index contributed by atoms with van der Waals surface area (Å²) in [5, 5.41) is 12.4. The van der Waals surface area contributed by atoms with Gasteiger partial charge in [0.05, 0.1) is 5.69 Å². The molecule has 0 aliphatic carbocycles. The Balaban J connectivity index is 1.96. The number of pyridine rings is 1. The number of carboxylic acids is 1. The van der Waals surface area contributed by atoms with Crippen LogP contribution in [0.25, 0.3) is 11.1 Å². The summed E-state index contributed by atoms with van der Waals surface area (Å²) < 4.78 is 13.7. The number of nitrogens with one attached hydrogen (secondary N) is 1. The molecule has 1 aliphatic rings. The van der Waals surface area contributed by atoms with Crippen molar-refractivity contribution in [2.45, 2.75) is 12.3 Å². The molecule has 1 aliphatic heterocycles. The normalized spacial score (nSPS) is 16.0. The molecule has 130 valence electrons. The minimum Gasteiger partial charge on any atom is -0.477 e. The maximum atomic E-state index is 13.7. The van der Waals surface area contributed by atoms with E-state index in [1.807, 2.05) is 6.07 Å². The van der Waals surface area contributed by atoms with Crippen LogP contribution in [0, 0.1) is 5.82 Å². The number of aromatic nitrogens is 1. The summed E-state index contributed by atoms with van der Waals surface area (Å²) in [6, 6.07) is 9.36. The lowest BCUT2D eigenvalue weighted by Gasteiger charge is -2.23. The third-order valence-electron chi connectivity index (χ3n) is 4.30. The van der Waals surface area contributed by atoms with Crippen molar-refractivity contribution in [2.24, 2.45) is 0 Å². The molecule has 1 atom stereocenters. The van der Waals surface area contributed by atoms with Crippen LogP contribution in [0.2, 0.25) is 0 Å². The second-order valence-corrected chi connectivity index (χ2v) is 7.00. The van der Waals surface area contributed by atoms with Crippen molar-refractivity contribution in [3.05, 3.63) is 69.9 Å². The minimum atomic E-state index is -1.11. The van der Waals surface area contributed by atoms with E-state index in [-0.39, 0.29) is 23.1 Å². The molecule has 5 nitrogen and oxygen atoms in total. The van der Waals surface area contributed by atoms with Gasteiger partial charge < -0.3 is 10.4 Å². The van der Waals surface area contributed by atoms with Gasteiger partial charge in [-0.15, -0.1) is 11.3 Å². The number of benzene rings is 1. The molecule has 2 N–H and O–H groups in total. The first-order valence-corrected chi connectivity index (χ1v) is 8.72. The molecule has 3 heterocycles. The Labute approximate surface area is 152 Å². The predicted molar refractivity (Wildman–Crippen MR) is 96.0 cm³/mol. The van der Waals surface area contributed by atoms with Crippen LogP contribution >= 0.6 is 11.3 Å². The Morgan fingerprint density at radius 2 is 2.15 bits per heavy atom. The summed E-state index contributed by atoms with van der Waals surface area (Å²) in [5.74, 6) is -2.07. The summed E-state index contributed by atoms with van der Waals surface area (Å²) >= 11 is 1.11. The number of rotatable bonds is 3. The van der Waals surface area contributed by atoms with Crippen LogP contribution in [0.4, 0.5) is 10.1 Å². The zero-order valence-corrected chi connectivity index (χ0v) is 14.2. The molecule has 0 fully saturated rings. The van der Waals surface area contributed by atoms with E-state index in [0.717, 1.165) is 21.8 Å². The number of fused-ring (bicyclic) bond motifs is 1. The van der Waals surface area contributed by atoms with Crippen LogP contribution in [0.3, 0.4) is 0 Å². The number of carbonyl (C=O) groups is 2. The smallest absolute Gasteiger partial charge is 0.346 e. The molecule has 0 saturated carbocycles. The molecule has 3 aromatic rings. The zero-order chi connectivity index (χ0) is 18.3. The quantitative estimate of drug-likeness (QED) is 0.729. The van der Waals surface area contributed by atoms with Crippen LogP contribution in [0.5, 0.6) is 0 Å². The fourth-order valence-corrected chi connectivity index (χ4v) is 4.45. The number of thiophene rings is 1. The van der Waals surface area contributed by atoms with Gasteiger partial charge in [0.2, 0.25) is 5.91 Å². The highest BCUT2D eigenvalue weighted by Crippen LogP contribution is 2.49. The fraction of sp³-hybridized carbons (Fsp3) is 0.105. The van der Waals surface area contributed by atoms with Crippen molar-refractivity contribution in [1.29, 1.82) is 0 Å². The Kier molecular flexibility index (Phi) is 4.00. The molecular weight excluding hydrogens is 355 g/mol. The van der Waals surface area contributed by atoms with Crippen LogP contribution in [0.1, 0.15) is 32.5 Å². The second kappa shape index (κ2) is 6.34. The van der Waals surface area contributed by atoms with E-state index >= 15 is 0 Å². The van der Waals surface area contributed by atoms with Crippen molar-refractivity contribution >= 4 is 28.9 Å². The predicted octanol–water partition coefficient (Wildman–Crippen LogP) is 4.12. The molecule has 1 unspecified atom stereocenters. The molecule has 26 heavy (non-hydrogen) atoms. The topological polar surface area (TPSA) is 79.3 Å². The third-order valence-corrected chi connectivity index (χ3v) is 5.59. The number of aromatic carboxylic acids is 1. The average Bonchev–Trinajstić information content (AvgIpc) is 3.01. The van der Waals surface area contributed by atoms with Gasteiger partial charge in [-0.25, -0.2) is 9.18 Å². The van der Waals surface area contributed by atoms with Crippen LogP contribution in [-0.4, -0.2) is 22.0 Å². The molecule has 0 saturated heterocycles. The molecule has 4 rings (SSSR count). The number of carboxylic acid groups (broad SMARTS) is 1. The molecule has 0 bridgehead atoms. The van der Waals surface area contributed by atoms with Crippen molar-refractivity contribution in [3.63, 3.8) is 0 Å². The van der Waals surface area contributed by atoms with Gasteiger partial charge in [-0.05, 0) is 29.3 Å². The number of amides is 1. The molecule has 1 aromatic carbocycles. The Bertz CT molecular complexity index is 1020. The Hall–Kier alpha value is -3.06. The lowest BCUT2D eigenvalue weighted by atomic mass is 9.89. The van der Waals surface area contributed by atoms with Crippen molar-refractivity contribution < 1.29 is 19.1 Å². The van der Waals surface area contributed by atoms with E-state index in [1.54, 1.807) is 24.5 Å². The summed E-state index contributed by atoms with van der Waals surface area (Å²) in [5.41, 5.74) is 2.06. The molecule has 0 spiro atoms. The van der Waals surface area contributed by atoms with Gasteiger partial charge in [-0.3, -0.25) is 9.78 Å².